The van der Waals surface area contributed by atoms with Gasteiger partial charge in [-0.25, -0.2) is 0 Å². The molecule has 2 atom stereocenters. The second-order valence-corrected chi connectivity index (χ2v) is 9.47. The number of aliphatic hydroxyl groups is 2. The Labute approximate surface area is 198 Å². The number of halogens is 3. The second kappa shape index (κ2) is 7.47. The molecule has 2 nitrogen and oxygen atoms in total. The SMILES string of the molecule is OC1(c2cccc(Cl)c2)c2ccccc2C(O)(c2cccc(Cl)c2)c2cc(Br)ccc21. The monoisotopic (exact) mass is 510 g/mol. The summed E-state index contributed by atoms with van der Waals surface area (Å²) >= 11 is 16.1. The molecule has 0 saturated heterocycles. The van der Waals surface area contributed by atoms with Crippen molar-refractivity contribution in [1.29, 1.82) is 0 Å². The van der Waals surface area contributed by atoms with E-state index in [2.05, 4.69) is 15.9 Å². The van der Waals surface area contributed by atoms with Crippen molar-refractivity contribution in [3.05, 3.63) is 139 Å². The van der Waals surface area contributed by atoms with Gasteiger partial charge in [-0.2, -0.15) is 0 Å². The summed E-state index contributed by atoms with van der Waals surface area (Å²) in [7, 11) is 0. The van der Waals surface area contributed by atoms with Gasteiger partial charge in [0.25, 0.3) is 0 Å². The van der Waals surface area contributed by atoms with Gasteiger partial charge in [0, 0.05) is 20.1 Å². The highest BCUT2D eigenvalue weighted by Gasteiger charge is 2.51. The van der Waals surface area contributed by atoms with Crippen LogP contribution in [-0.4, -0.2) is 10.2 Å². The van der Waals surface area contributed by atoms with Gasteiger partial charge in [-0.3, -0.25) is 0 Å². The zero-order valence-electron chi connectivity index (χ0n) is 16.2. The summed E-state index contributed by atoms with van der Waals surface area (Å²) < 4.78 is 0.791. The molecule has 2 N–H and O–H groups in total. The molecule has 0 spiro atoms. The summed E-state index contributed by atoms with van der Waals surface area (Å²) in [5, 5.41) is 25.6. The first-order valence-electron chi connectivity index (χ1n) is 9.72. The molecular weight excluding hydrogens is 495 g/mol. The van der Waals surface area contributed by atoms with Gasteiger partial charge in [0.15, 0.2) is 0 Å². The van der Waals surface area contributed by atoms with Crippen LogP contribution in [0.25, 0.3) is 0 Å². The van der Waals surface area contributed by atoms with Crippen LogP contribution < -0.4 is 0 Å². The van der Waals surface area contributed by atoms with E-state index in [9.17, 15) is 10.2 Å². The second-order valence-electron chi connectivity index (χ2n) is 7.68. The smallest absolute Gasteiger partial charge is 0.141 e. The average molecular weight is 512 g/mol. The molecule has 5 heteroatoms. The van der Waals surface area contributed by atoms with Crippen LogP contribution in [-0.2, 0) is 11.2 Å². The first kappa shape index (κ1) is 20.7. The third-order valence-corrected chi connectivity index (χ3v) is 6.92. The van der Waals surface area contributed by atoms with Crippen LogP contribution in [0.15, 0.2) is 95.5 Å². The van der Waals surface area contributed by atoms with Gasteiger partial charge in [0.2, 0.25) is 0 Å². The molecule has 0 bridgehead atoms. The summed E-state index contributed by atoms with van der Waals surface area (Å²) in [5.74, 6) is 0. The molecule has 154 valence electrons. The first-order valence-corrected chi connectivity index (χ1v) is 11.3. The predicted octanol–water partition coefficient (Wildman–Crippen LogP) is 6.64. The number of hydrogen-bond acceptors (Lipinski definition) is 2. The van der Waals surface area contributed by atoms with Crippen molar-refractivity contribution < 1.29 is 10.2 Å². The Morgan fingerprint density at radius 1 is 0.548 bits per heavy atom. The molecule has 0 saturated carbocycles. The zero-order chi connectivity index (χ0) is 21.8. The van der Waals surface area contributed by atoms with Crippen molar-refractivity contribution in [3.63, 3.8) is 0 Å². The fraction of sp³-hybridized carbons (Fsp3) is 0.0769. The molecule has 0 fully saturated rings. The molecule has 0 aliphatic heterocycles. The third kappa shape index (κ3) is 3.07. The molecule has 1 aliphatic carbocycles. The summed E-state index contributed by atoms with van der Waals surface area (Å²) in [6, 6.07) is 27.3. The maximum atomic E-state index is 12.3. The largest absolute Gasteiger partial charge is 0.376 e. The summed E-state index contributed by atoms with van der Waals surface area (Å²) in [4.78, 5) is 0. The highest BCUT2D eigenvalue weighted by Crippen LogP contribution is 2.53. The molecule has 0 amide bonds. The van der Waals surface area contributed by atoms with Gasteiger partial charge in [-0.1, -0.05) is 93.7 Å². The lowest BCUT2D eigenvalue weighted by molar-refractivity contribution is 0.0747. The maximum absolute atomic E-state index is 12.3. The number of rotatable bonds is 2. The average Bonchev–Trinajstić information content (AvgIpc) is 2.77. The molecule has 0 aromatic heterocycles. The lowest BCUT2D eigenvalue weighted by Gasteiger charge is -2.45. The highest BCUT2D eigenvalue weighted by atomic mass is 79.9. The van der Waals surface area contributed by atoms with E-state index in [0.29, 0.717) is 43.4 Å². The van der Waals surface area contributed by atoms with Crippen LogP contribution in [0, 0.1) is 0 Å². The molecule has 1 aliphatic rings. The van der Waals surface area contributed by atoms with E-state index < -0.39 is 11.2 Å². The number of hydrogen-bond donors (Lipinski definition) is 2. The number of benzene rings is 4. The van der Waals surface area contributed by atoms with Crippen LogP contribution in [0.4, 0.5) is 0 Å². The number of fused-ring (bicyclic) bond motifs is 2. The van der Waals surface area contributed by atoms with Gasteiger partial charge in [-0.15, -0.1) is 0 Å². The Hall–Kier alpha value is -2.14. The standard InChI is InChI=1S/C26H17BrCl2O2/c27-18-11-12-23-24(15-18)26(31,17-6-4-8-20(29)14-17)22-10-2-1-9-21(22)25(23,30)16-5-3-7-19(28)13-16/h1-15,30-31H. The Bertz CT molecular complexity index is 1320. The van der Waals surface area contributed by atoms with E-state index in [0.717, 1.165) is 4.47 Å². The summed E-state index contributed by atoms with van der Waals surface area (Å²) in [5.41, 5.74) is 0.585. The van der Waals surface area contributed by atoms with Crippen LogP contribution in [0.1, 0.15) is 33.4 Å². The lowest BCUT2D eigenvalue weighted by Crippen LogP contribution is -2.44. The van der Waals surface area contributed by atoms with E-state index in [4.69, 9.17) is 23.2 Å². The van der Waals surface area contributed by atoms with Gasteiger partial charge in [-0.05, 0) is 64.2 Å². The van der Waals surface area contributed by atoms with E-state index >= 15 is 0 Å². The molecule has 5 rings (SSSR count). The Morgan fingerprint density at radius 2 is 1.03 bits per heavy atom. The zero-order valence-corrected chi connectivity index (χ0v) is 19.3. The third-order valence-electron chi connectivity index (χ3n) is 5.95. The maximum Gasteiger partial charge on any atom is 0.141 e. The lowest BCUT2D eigenvalue weighted by atomic mass is 9.63. The van der Waals surface area contributed by atoms with Crippen molar-refractivity contribution in [2.75, 3.05) is 0 Å². The molecule has 0 radical (unpaired) electrons. The van der Waals surface area contributed by atoms with Crippen molar-refractivity contribution >= 4 is 39.1 Å². The van der Waals surface area contributed by atoms with Crippen molar-refractivity contribution in [1.82, 2.24) is 0 Å². The molecule has 4 aromatic carbocycles. The van der Waals surface area contributed by atoms with Gasteiger partial charge >= 0.3 is 0 Å². The molecule has 2 unspecified atom stereocenters. The fourth-order valence-corrected chi connectivity index (χ4v) is 5.33. The first-order chi connectivity index (χ1) is 14.8. The van der Waals surface area contributed by atoms with Crippen LogP contribution >= 0.6 is 39.1 Å². The van der Waals surface area contributed by atoms with Crippen LogP contribution in [0.3, 0.4) is 0 Å². The topological polar surface area (TPSA) is 40.5 Å². The Morgan fingerprint density at radius 3 is 1.55 bits per heavy atom. The molecule has 4 aromatic rings. The molecule has 31 heavy (non-hydrogen) atoms. The fourth-order valence-electron chi connectivity index (χ4n) is 4.58. The van der Waals surface area contributed by atoms with Crippen molar-refractivity contribution in [2.45, 2.75) is 11.2 Å². The van der Waals surface area contributed by atoms with E-state index in [1.54, 1.807) is 24.3 Å². The Kier molecular flexibility index (Phi) is 5.00. The van der Waals surface area contributed by atoms with E-state index in [1.807, 2.05) is 66.7 Å². The highest BCUT2D eigenvalue weighted by molar-refractivity contribution is 9.10. The van der Waals surface area contributed by atoms with Crippen molar-refractivity contribution in [2.24, 2.45) is 0 Å². The predicted molar refractivity (Wildman–Crippen MR) is 128 cm³/mol. The van der Waals surface area contributed by atoms with Gasteiger partial charge in [0.05, 0.1) is 0 Å². The van der Waals surface area contributed by atoms with E-state index in [-0.39, 0.29) is 0 Å². The molecular formula is C26H17BrCl2O2. The minimum absolute atomic E-state index is 0.524. The summed E-state index contributed by atoms with van der Waals surface area (Å²) in [6.07, 6.45) is 0. The quantitative estimate of drug-likeness (QED) is 0.316. The van der Waals surface area contributed by atoms with Gasteiger partial charge < -0.3 is 10.2 Å². The van der Waals surface area contributed by atoms with Crippen molar-refractivity contribution in [3.8, 4) is 0 Å². The van der Waals surface area contributed by atoms with Crippen LogP contribution in [0.5, 0.6) is 0 Å². The Balaban J connectivity index is 1.92. The molecule has 0 heterocycles. The van der Waals surface area contributed by atoms with Gasteiger partial charge in [0.1, 0.15) is 11.2 Å². The normalized spacial score (nSPS) is 22.0. The minimum Gasteiger partial charge on any atom is -0.376 e. The minimum atomic E-state index is -1.51. The van der Waals surface area contributed by atoms with E-state index in [1.165, 1.54) is 0 Å². The summed E-state index contributed by atoms with van der Waals surface area (Å²) in [6.45, 7) is 0. The van der Waals surface area contributed by atoms with Crippen LogP contribution in [0.2, 0.25) is 10.0 Å².